The molecule has 1 fully saturated rings. The van der Waals surface area contributed by atoms with Crippen molar-refractivity contribution >= 4 is 27.1 Å². The SMILES string of the molecule is CCN(c1ccccc1)S(=O)(=O)c1ccc(NC2CNNC2)c([N+](=O)[O-])c1. The van der Waals surface area contributed by atoms with Gasteiger partial charge in [0.25, 0.3) is 15.7 Å². The van der Waals surface area contributed by atoms with E-state index in [-0.39, 0.29) is 28.9 Å². The van der Waals surface area contributed by atoms with Crippen molar-refractivity contribution in [3.8, 4) is 0 Å². The average Bonchev–Trinajstić information content (AvgIpc) is 3.16. The zero-order chi connectivity index (χ0) is 19.4. The number of hydrazine groups is 1. The van der Waals surface area contributed by atoms with E-state index in [1.54, 1.807) is 37.3 Å². The van der Waals surface area contributed by atoms with Crippen LogP contribution in [-0.4, -0.2) is 39.0 Å². The Hall–Kier alpha value is -2.69. The van der Waals surface area contributed by atoms with Gasteiger partial charge in [0.2, 0.25) is 0 Å². The van der Waals surface area contributed by atoms with Crippen molar-refractivity contribution in [3.63, 3.8) is 0 Å². The maximum atomic E-state index is 13.1. The van der Waals surface area contributed by atoms with Crippen LogP contribution in [0.4, 0.5) is 17.1 Å². The Morgan fingerprint density at radius 1 is 1.19 bits per heavy atom. The van der Waals surface area contributed by atoms with E-state index in [1.807, 2.05) is 0 Å². The van der Waals surface area contributed by atoms with E-state index in [9.17, 15) is 18.5 Å². The number of hydrogen-bond donors (Lipinski definition) is 3. The topological polar surface area (TPSA) is 117 Å². The van der Waals surface area contributed by atoms with Crippen LogP contribution in [0.15, 0.2) is 53.4 Å². The van der Waals surface area contributed by atoms with E-state index in [0.29, 0.717) is 18.8 Å². The molecular weight excluding hydrogens is 370 g/mol. The third-order valence-electron chi connectivity index (χ3n) is 4.27. The monoisotopic (exact) mass is 391 g/mol. The van der Waals surface area contributed by atoms with Crippen molar-refractivity contribution in [2.45, 2.75) is 17.9 Å². The highest BCUT2D eigenvalue weighted by Gasteiger charge is 2.28. The van der Waals surface area contributed by atoms with Gasteiger partial charge < -0.3 is 5.32 Å². The van der Waals surface area contributed by atoms with E-state index in [1.165, 1.54) is 16.4 Å². The van der Waals surface area contributed by atoms with Gasteiger partial charge in [-0.05, 0) is 31.2 Å². The number of rotatable bonds is 7. The molecule has 0 bridgehead atoms. The summed E-state index contributed by atoms with van der Waals surface area (Å²) in [6.45, 7) is 3.14. The minimum absolute atomic E-state index is 0.0254. The summed E-state index contributed by atoms with van der Waals surface area (Å²) in [5.41, 5.74) is 6.39. The maximum Gasteiger partial charge on any atom is 0.293 e. The zero-order valence-corrected chi connectivity index (χ0v) is 15.6. The molecule has 1 saturated heterocycles. The molecule has 9 nitrogen and oxygen atoms in total. The normalized spacial score (nSPS) is 14.9. The first kappa shape index (κ1) is 19.1. The number of nitro groups is 1. The number of nitrogens with one attached hydrogen (secondary N) is 3. The molecule has 2 aromatic rings. The molecule has 0 aliphatic carbocycles. The van der Waals surface area contributed by atoms with Gasteiger partial charge in [-0.25, -0.2) is 8.42 Å². The average molecular weight is 391 g/mol. The lowest BCUT2D eigenvalue weighted by Crippen LogP contribution is -2.31. The van der Waals surface area contributed by atoms with E-state index >= 15 is 0 Å². The first-order valence-corrected chi connectivity index (χ1v) is 9.96. The first-order chi connectivity index (χ1) is 12.9. The molecule has 0 atom stereocenters. The van der Waals surface area contributed by atoms with E-state index in [4.69, 9.17) is 0 Å². The Morgan fingerprint density at radius 3 is 2.44 bits per heavy atom. The second-order valence-electron chi connectivity index (χ2n) is 6.04. The van der Waals surface area contributed by atoms with Gasteiger partial charge in [-0.2, -0.15) is 0 Å². The second kappa shape index (κ2) is 7.91. The molecule has 0 saturated carbocycles. The third-order valence-corrected chi connectivity index (χ3v) is 6.17. The molecule has 0 aromatic heterocycles. The number of anilines is 2. The van der Waals surface area contributed by atoms with Crippen molar-refractivity contribution in [3.05, 3.63) is 58.6 Å². The van der Waals surface area contributed by atoms with Crippen LogP contribution in [0.25, 0.3) is 0 Å². The van der Waals surface area contributed by atoms with Crippen LogP contribution in [0.5, 0.6) is 0 Å². The molecule has 3 rings (SSSR count). The molecule has 2 aromatic carbocycles. The fourth-order valence-electron chi connectivity index (χ4n) is 2.94. The van der Waals surface area contributed by atoms with Crippen LogP contribution in [0.3, 0.4) is 0 Å². The van der Waals surface area contributed by atoms with Crippen molar-refractivity contribution in [1.29, 1.82) is 0 Å². The highest BCUT2D eigenvalue weighted by atomic mass is 32.2. The standard InChI is InChI=1S/C17H21N5O4S/c1-2-21(14-6-4-3-5-7-14)27(25,26)15-8-9-16(17(10-15)22(23)24)20-13-11-18-19-12-13/h3-10,13,18-20H,2,11-12H2,1H3. The molecule has 1 aliphatic rings. The molecule has 3 N–H and O–H groups in total. The number of benzene rings is 2. The Kier molecular flexibility index (Phi) is 5.59. The largest absolute Gasteiger partial charge is 0.374 e. The summed E-state index contributed by atoms with van der Waals surface area (Å²) in [7, 11) is -3.93. The molecule has 0 unspecified atom stereocenters. The predicted molar refractivity (Wildman–Crippen MR) is 103 cm³/mol. The van der Waals surface area contributed by atoms with Crippen LogP contribution in [0.1, 0.15) is 6.92 Å². The van der Waals surface area contributed by atoms with E-state index in [0.717, 1.165) is 6.07 Å². The van der Waals surface area contributed by atoms with Gasteiger partial charge in [0.1, 0.15) is 5.69 Å². The predicted octanol–water partition coefficient (Wildman–Crippen LogP) is 1.70. The summed E-state index contributed by atoms with van der Waals surface area (Å²) in [4.78, 5) is 10.8. The van der Waals surface area contributed by atoms with Crippen molar-refractivity contribution in [2.24, 2.45) is 0 Å². The van der Waals surface area contributed by atoms with E-state index in [2.05, 4.69) is 16.2 Å². The minimum Gasteiger partial charge on any atom is -0.374 e. The Bertz CT molecular complexity index is 914. The Morgan fingerprint density at radius 2 is 1.85 bits per heavy atom. The van der Waals surface area contributed by atoms with Crippen molar-refractivity contribution in [2.75, 3.05) is 29.3 Å². The molecular formula is C17H21N5O4S. The fraction of sp³-hybridized carbons (Fsp3) is 0.294. The van der Waals surface area contributed by atoms with Gasteiger partial charge in [-0.3, -0.25) is 25.3 Å². The van der Waals surface area contributed by atoms with E-state index < -0.39 is 14.9 Å². The van der Waals surface area contributed by atoms with Crippen LogP contribution < -0.4 is 20.5 Å². The smallest absolute Gasteiger partial charge is 0.293 e. The van der Waals surface area contributed by atoms with Gasteiger partial charge in [0.15, 0.2) is 0 Å². The molecule has 144 valence electrons. The van der Waals surface area contributed by atoms with Gasteiger partial charge in [-0.15, -0.1) is 0 Å². The molecule has 1 heterocycles. The Balaban J connectivity index is 1.97. The molecule has 0 radical (unpaired) electrons. The molecule has 0 amide bonds. The number of sulfonamides is 1. The van der Waals surface area contributed by atoms with Crippen LogP contribution in [0.2, 0.25) is 0 Å². The Labute approximate surface area is 157 Å². The molecule has 0 spiro atoms. The molecule has 10 heteroatoms. The third kappa shape index (κ3) is 4.02. The first-order valence-electron chi connectivity index (χ1n) is 8.52. The van der Waals surface area contributed by atoms with Crippen molar-refractivity contribution in [1.82, 2.24) is 10.9 Å². The van der Waals surface area contributed by atoms with Crippen molar-refractivity contribution < 1.29 is 13.3 Å². The summed E-state index contributed by atoms with van der Waals surface area (Å²) in [5.74, 6) is 0. The van der Waals surface area contributed by atoms with Gasteiger partial charge in [0, 0.05) is 25.7 Å². The lowest BCUT2D eigenvalue weighted by Gasteiger charge is -2.23. The number of nitro benzene ring substituents is 1. The van der Waals surface area contributed by atoms with Crippen LogP contribution >= 0.6 is 0 Å². The van der Waals surface area contributed by atoms with Gasteiger partial charge in [-0.1, -0.05) is 18.2 Å². The summed E-state index contributed by atoms with van der Waals surface area (Å²) in [5, 5.41) is 14.6. The maximum absolute atomic E-state index is 13.1. The molecule has 27 heavy (non-hydrogen) atoms. The highest BCUT2D eigenvalue weighted by molar-refractivity contribution is 7.92. The fourth-order valence-corrected chi connectivity index (χ4v) is 4.44. The summed E-state index contributed by atoms with van der Waals surface area (Å²) >= 11 is 0. The summed E-state index contributed by atoms with van der Waals surface area (Å²) in [6.07, 6.45) is 0. The van der Waals surface area contributed by atoms with Gasteiger partial charge >= 0.3 is 0 Å². The number of hydrogen-bond acceptors (Lipinski definition) is 7. The zero-order valence-electron chi connectivity index (χ0n) is 14.8. The summed E-state index contributed by atoms with van der Waals surface area (Å²) < 4.78 is 27.3. The quantitative estimate of drug-likeness (QED) is 0.486. The summed E-state index contributed by atoms with van der Waals surface area (Å²) in [6, 6.07) is 12.6. The lowest BCUT2D eigenvalue weighted by atomic mass is 10.2. The minimum atomic E-state index is -3.93. The van der Waals surface area contributed by atoms with Crippen LogP contribution in [0, 0.1) is 10.1 Å². The number of nitrogens with zero attached hydrogens (tertiary/aromatic N) is 2. The van der Waals surface area contributed by atoms with Gasteiger partial charge in [0.05, 0.1) is 21.5 Å². The van der Waals surface area contributed by atoms with Crippen LogP contribution in [-0.2, 0) is 10.0 Å². The lowest BCUT2D eigenvalue weighted by molar-refractivity contribution is -0.384. The second-order valence-corrected chi connectivity index (χ2v) is 7.91. The molecule has 1 aliphatic heterocycles. The number of para-hydroxylation sites is 1. The highest BCUT2D eigenvalue weighted by Crippen LogP contribution is 2.31.